The Balaban J connectivity index is 1.64. The second-order valence-corrected chi connectivity index (χ2v) is 4.99. The van der Waals surface area contributed by atoms with Gasteiger partial charge in [-0.05, 0) is 12.8 Å². The molecule has 2 rings (SSSR count). The number of hydrogen-bond acceptors (Lipinski definition) is 2. The van der Waals surface area contributed by atoms with Crippen LogP contribution in [0.1, 0.15) is 26.7 Å². The summed E-state index contributed by atoms with van der Waals surface area (Å²) in [6.45, 7) is 5.01. The van der Waals surface area contributed by atoms with E-state index in [-0.39, 0.29) is 23.9 Å². The minimum Gasteiger partial charge on any atom is -0.350 e. The summed E-state index contributed by atoms with van der Waals surface area (Å²) < 4.78 is 0. The fourth-order valence-corrected chi connectivity index (χ4v) is 1.60. The van der Waals surface area contributed by atoms with Gasteiger partial charge in [-0.15, -0.1) is 0 Å². The number of carbonyl (C=O) groups is 2. The molecular weight excluding hydrogens is 206 g/mol. The third-order valence-corrected chi connectivity index (χ3v) is 2.94. The van der Waals surface area contributed by atoms with Crippen molar-refractivity contribution in [1.82, 2.24) is 15.5 Å². The molecule has 3 amide bonds. The van der Waals surface area contributed by atoms with Crippen molar-refractivity contribution in [3.8, 4) is 0 Å². The zero-order valence-electron chi connectivity index (χ0n) is 9.82. The smallest absolute Gasteiger partial charge is 0.317 e. The Labute approximate surface area is 95.6 Å². The van der Waals surface area contributed by atoms with E-state index < -0.39 is 0 Å². The van der Waals surface area contributed by atoms with Gasteiger partial charge >= 0.3 is 6.03 Å². The van der Waals surface area contributed by atoms with Crippen LogP contribution >= 0.6 is 0 Å². The molecule has 0 bridgehead atoms. The number of likely N-dealkylation sites (tertiary alicyclic amines) is 1. The SMILES string of the molecule is CC(C)C(=O)NC1CN(C(=O)NC2CC2)C1. The molecule has 0 radical (unpaired) electrons. The highest BCUT2D eigenvalue weighted by atomic mass is 16.2. The van der Waals surface area contributed by atoms with Crippen LogP contribution in [0.5, 0.6) is 0 Å². The van der Waals surface area contributed by atoms with E-state index in [0.717, 1.165) is 12.8 Å². The van der Waals surface area contributed by atoms with Gasteiger partial charge in [0.1, 0.15) is 0 Å². The lowest BCUT2D eigenvalue weighted by Crippen LogP contribution is -2.63. The third kappa shape index (κ3) is 2.65. The molecule has 90 valence electrons. The summed E-state index contributed by atoms with van der Waals surface area (Å²) in [7, 11) is 0. The van der Waals surface area contributed by atoms with Crippen molar-refractivity contribution in [3.63, 3.8) is 0 Å². The lowest BCUT2D eigenvalue weighted by Gasteiger charge is -2.39. The summed E-state index contributed by atoms with van der Waals surface area (Å²) in [6.07, 6.45) is 2.21. The highest BCUT2D eigenvalue weighted by Crippen LogP contribution is 2.20. The van der Waals surface area contributed by atoms with Crippen molar-refractivity contribution in [2.75, 3.05) is 13.1 Å². The van der Waals surface area contributed by atoms with E-state index in [1.54, 1.807) is 4.90 Å². The Morgan fingerprint density at radius 1 is 1.12 bits per heavy atom. The van der Waals surface area contributed by atoms with Gasteiger partial charge in [0.15, 0.2) is 0 Å². The van der Waals surface area contributed by atoms with Gasteiger partial charge in [-0.3, -0.25) is 4.79 Å². The number of carbonyl (C=O) groups excluding carboxylic acids is 2. The lowest BCUT2D eigenvalue weighted by molar-refractivity contribution is -0.125. The van der Waals surface area contributed by atoms with E-state index in [2.05, 4.69) is 10.6 Å². The first-order valence-electron chi connectivity index (χ1n) is 5.92. The normalized spacial score (nSPS) is 20.6. The molecule has 0 aromatic carbocycles. The highest BCUT2D eigenvalue weighted by molar-refractivity contribution is 5.79. The third-order valence-electron chi connectivity index (χ3n) is 2.94. The average molecular weight is 225 g/mol. The van der Waals surface area contributed by atoms with Gasteiger partial charge in [-0.1, -0.05) is 13.8 Å². The maximum Gasteiger partial charge on any atom is 0.317 e. The zero-order valence-corrected chi connectivity index (χ0v) is 9.82. The summed E-state index contributed by atoms with van der Waals surface area (Å²) in [6, 6.07) is 0.550. The Hall–Kier alpha value is -1.26. The van der Waals surface area contributed by atoms with E-state index in [9.17, 15) is 9.59 Å². The summed E-state index contributed by atoms with van der Waals surface area (Å²) in [4.78, 5) is 24.7. The van der Waals surface area contributed by atoms with Crippen molar-refractivity contribution in [1.29, 1.82) is 0 Å². The molecule has 2 fully saturated rings. The van der Waals surface area contributed by atoms with E-state index in [1.165, 1.54) is 0 Å². The number of nitrogens with zero attached hydrogens (tertiary/aromatic N) is 1. The predicted molar refractivity (Wildman–Crippen MR) is 59.9 cm³/mol. The molecule has 0 aromatic rings. The first-order chi connectivity index (χ1) is 7.56. The van der Waals surface area contributed by atoms with E-state index >= 15 is 0 Å². The fraction of sp³-hybridized carbons (Fsp3) is 0.818. The van der Waals surface area contributed by atoms with Crippen molar-refractivity contribution in [2.24, 2.45) is 5.92 Å². The summed E-state index contributed by atoms with van der Waals surface area (Å²) >= 11 is 0. The summed E-state index contributed by atoms with van der Waals surface area (Å²) in [5, 5.41) is 5.84. The maximum absolute atomic E-state index is 11.5. The van der Waals surface area contributed by atoms with Gasteiger partial charge in [0.25, 0.3) is 0 Å². The van der Waals surface area contributed by atoms with E-state index in [4.69, 9.17) is 0 Å². The van der Waals surface area contributed by atoms with Crippen molar-refractivity contribution in [3.05, 3.63) is 0 Å². The molecule has 5 heteroatoms. The van der Waals surface area contributed by atoms with Crippen molar-refractivity contribution in [2.45, 2.75) is 38.8 Å². The van der Waals surface area contributed by atoms with Crippen LogP contribution in [0.25, 0.3) is 0 Å². The molecule has 1 heterocycles. The van der Waals surface area contributed by atoms with Crippen LogP contribution in [0.2, 0.25) is 0 Å². The van der Waals surface area contributed by atoms with Gasteiger partial charge < -0.3 is 15.5 Å². The molecule has 16 heavy (non-hydrogen) atoms. The first-order valence-corrected chi connectivity index (χ1v) is 5.92. The summed E-state index contributed by atoms with van der Waals surface area (Å²) in [5.41, 5.74) is 0. The van der Waals surface area contributed by atoms with Gasteiger partial charge in [0.2, 0.25) is 5.91 Å². The second kappa shape index (κ2) is 4.31. The molecule has 0 atom stereocenters. The molecule has 5 nitrogen and oxygen atoms in total. The largest absolute Gasteiger partial charge is 0.350 e. The lowest BCUT2D eigenvalue weighted by atomic mass is 10.1. The van der Waals surface area contributed by atoms with Crippen LogP contribution in [0.4, 0.5) is 4.79 Å². The van der Waals surface area contributed by atoms with Gasteiger partial charge in [-0.2, -0.15) is 0 Å². The topological polar surface area (TPSA) is 61.4 Å². The molecule has 2 aliphatic rings. The average Bonchev–Trinajstić information content (AvgIpc) is 2.93. The van der Waals surface area contributed by atoms with Gasteiger partial charge in [0.05, 0.1) is 6.04 Å². The predicted octanol–water partition coefficient (Wildman–Crippen LogP) is 0.315. The first kappa shape index (κ1) is 11.2. The summed E-state index contributed by atoms with van der Waals surface area (Å²) in [5.74, 6) is 0.0709. The minimum absolute atomic E-state index is 0.00865. The molecule has 1 aliphatic heterocycles. The molecule has 1 saturated heterocycles. The molecule has 1 aliphatic carbocycles. The number of hydrogen-bond donors (Lipinski definition) is 2. The number of nitrogens with one attached hydrogen (secondary N) is 2. The Bertz CT molecular complexity index is 294. The van der Waals surface area contributed by atoms with Crippen molar-refractivity contribution >= 4 is 11.9 Å². The quantitative estimate of drug-likeness (QED) is 0.726. The van der Waals surface area contributed by atoms with Crippen LogP contribution in [-0.4, -0.2) is 42.0 Å². The van der Waals surface area contributed by atoms with Crippen LogP contribution in [0.15, 0.2) is 0 Å². The zero-order chi connectivity index (χ0) is 11.7. The van der Waals surface area contributed by atoms with E-state index in [0.29, 0.717) is 19.1 Å². The second-order valence-electron chi connectivity index (χ2n) is 4.99. The Morgan fingerprint density at radius 3 is 2.25 bits per heavy atom. The van der Waals surface area contributed by atoms with Crippen LogP contribution in [0.3, 0.4) is 0 Å². The van der Waals surface area contributed by atoms with Crippen molar-refractivity contribution < 1.29 is 9.59 Å². The number of amides is 3. The molecule has 0 spiro atoms. The van der Waals surface area contributed by atoms with Gasteiger partial charge in [0, 0.05) is 25.0 Å². The molecule has 2 N–H and O–H groups in total. The van der Waals surface area contributed by atoms with E-state index in [1.807, 2.05) is 13.8 Å². The number of rotatable bonds is 3. The molecular formula is C11H19N3O2. The van der Waals surface area contributed by atoms with Crippen LogP contribution in [0, 0.1) is 5.92 Å². The minimum atomic E-state index is 0.00865. The molecule has 0 unspecified atom stereocenters. The Morgan fingerprint density at radius 2 is 1.75 bits per heavy atom. The fourth-order valence-electron chi connectivity index (χ4n) is 1.60. The highest BCUT2D eigenvalue weighted by Gasteiger charge is 2.34. The number of urea groups is 1. The molecule has 0 aromatic heterocycles. The van der Waals surface area contributed by atoms with Crippen LogP contribution < -0.4 is 10.6 Å². The monoisotopic (exact) mass is 225 g/mol. The Kier molecular flexibility index (Phi) is 3.03. The molecule has 1 saturated carbocycles. The maximum atomic E-state index is 11.5. The van der Waals surface area contributed by atoms with Gasteiger partial charge in [-0.25, -0.2) is 4.79 Å². The standard InChI is InChI=1S/C11H19N3O2/c1-7(2)10(15)12-9-5-14(6-9)11(16)13-8-3-4-8/h7-9H,3-6H2,1-2H3,(H,12,15)(H,13,16). The van der Waals surface area contributed by atoms with Crippen LogP contribution in [-0.2, 0) is 4.79 Å².